The average molecular weight is 852 g/mol. The molecule has 0 aliphatic heterocycles. The maximum atomic E-state index is 10.6. The van der Waals surface area contributed by atoms with Crippen LogP contribution < -0.4 is 34.4 Å². The molecule has 0 saturated heterocycles. The van der Waals surface area contributed by atoms with Gasteiger partial charge in [0.15, 0.2) is 0 Å². The number of fused-ring (bicyclic) bond motifs is 1. The Morgan fingerprint density at radius 3 is 1.52 bits per heavy atom. The summed E-state index contributed by atoms with van der Waals surface area (Å²) in [6, 6.07) is 19.3. The highest BCUT2D eigenvalue weighted by molar-refractivity contribution is 5.84. The second kappa shape index (κ2) is 28.7. The zero-order valence-corrected chi connectivity index (χ0v) is 33.4. The zero-order chi connectivity index (χ0) is 45.9. The van der Waals surface area contributed by atoms with Crippen molar-refractivity contribution in [2.45, 2.75) is 75.2 Å². The van der Waals surface area contributed by atoms with Gasteiger partial charge in [0.2, 0.25) is 0 Å². The molecule has 3 aromatic carbocycles. The monoisotopic (exact) mass is 851 g/mol. The first-order valence-electron chi connectivity index (χ1n) is 18.8. The largest absolute Gasteiger partial charge is 0.508 e. The van der Waals surface area contributed by atoms with E-state index in [0.717, 1.165) is 46.1 Å². The number of aliphatic carboxylic acids is 5. The number of phenolic OH excluding ortho intramolecular Hbond substituents is 1. The van der Waals surface area contributed by atoms with Gasteiger partial charge < -0.3 is 75.0 Å². The molecule has 0 aliphatic carbocycles. The Kier molecular flexibility index (Phi) is 24.6. The standard InChI is InChI=1S/C11H12N2O2.C9H11NO3.C9H11NO2.C6H9N3O2.C6H14N2O2/c12-9(11(14)15)5-7-6-13-10-4-2-1-3-8(7)10;10-8(9(12)13)5-6-1-3-7(11)4-2-6;10-8(9(11)12)6-7-4-2-1-3-5-7;7-5(6(10)11)1-4-2-8-3-9-4;7-4-2-1-3-5(8)6(9)10/h1-4,6,9,13H,5,12H2,(H,14,15);1-4,8,11H,5,10H2,(H,12,13);1-5,8H,6,10H2,(H,11,12);2-3,5H,1,7H2,(H,8,9)(H,10,11);5H,1-4,7-8H2,(H,9,10)/t9-;2*8-;2*5-/m00000/s1. The van der Waals surface area contributed by atoms with Gasteiger partial charge in [-0.1, -0.05) is 67.1 Å². The Morgan fingerprint density at radius 2 is 1.03 bits per heavy atom. The molecule has 0 fully saturated rings. The summed E-state index contributed by atoms with van der Waals surface area (Å²) in [5.41, 5.74) is 36.3. The number of aromatic nitrogens is 3. The van der Waals surface area contributed by atoms with Crippen LogP contribution >= 0.6 is 0 Å². The number of hydrogen-bond donors (Lipinski definition) is 14. The van der Waals surface area contributed by atoms with Gasteiger partial charge in [-0.25, -0.2) is 4.98 Å². The van der Waals surface area contributed by atoms with E-state index in [-0.39, 0.29) is 18.6 Å². The summed E-state index contributed by atoms with van der Waals surface area (Å²) in [5.74, 6) is -4.73. The number of nitrogens with two attached hydrogens (primary N) is 6. The minimum atomic E-state index is -1.02. The lowest BCUT2D eigenvalue weighted by Crippen LogP contribution is -2.32. The molecule has 20 nitrogen and oxygen atoms in total. The molecule has 0 saturated carbocycles. The predicted molar refractivity (Wildman–Crippen MR) is 227 cm³/mol. The Morgan fingerprint density at radius 1 is 0.557 bits per heavy atom. The van der Waals surface area contributed by atoms with E-state index in [1.807, 2.05) is 60.8 Å². The van der Waals surface area contributed by atoms with Crippen molar-refractivity contribution >= 4 is 40.7 Å². The molecule has 0 amide bonds. The van der Waals surface area contributed by atoms with E-state index in [2.05, 4.69) is 15.0 Å². The van der Waals surface area contributed by atoms with Crippen LogP contribution in [0.1, 0.15) is 41.6 Å². The summed E-state index contributed by atoms with van der Waals surface area (Å²) in [6.45, 7) is 0.604. The van der Waals surface area contributed by atoms with Gasteiger partial charge in [0, 0.05) is 41.8 Å². The highest BCUT2D eigenvalue weighted by Crippen LogP contribution is 2.18. The van der Waals surface area contributed by atoms with Crippen LogP contribution in [0.5, 0.6) is 5.75 Å². The molecular formula is C41H57N9O11. The minimum absolute atomic E-state index is 0.160. The highest BCUT2D eigenvalue weighted by Gasteiger charge is 2.15. The Balaban J connectivity index is 0.000000384. The van der Waals surface area contributed by atoms with Crippen molar-refractivity contribution in [3.63, 3.8) is 0 Å². The lowest BCUT2D eigenvalue weighted by Gasteiger charge is -2.05. The third kappa shape index (κ3) is 22.3. The van der Waals surface area contributed by atoms with Gasteiger partial charge in [-0.05, 0) is 67.1 Å². The number of carboxylic acids is 5. The minimum Gasteiger partial charge on any atom is -0.508 e. The molecule has 2 heterocycles. The number of carboxylic acid groups (broad SMARTS) is 5. The van der Waals surface area contributed by atoms with Crippen molar-refractivity contribution < 1.29 is 54.6 Å². The zero-order valence-electron chi connectivity index (χ0n) is 33.4. The maximum Gasteiger partial charge on any atom is 0.320 e. The molecule has 0 aliphatic rings. The average Bonchev–Trinajstić information content (AvgIpc) is 3.90. The number of aromatic amines is 2. The number of benzene rings is 3. The number of aromatic hydroxyl groups is 1. The summed E-state index contributed by atoms with van der Waals surface area (Å²) < 4.78 is 0. The van der Waals surface area contributed by atoms with Gasteiger partial charge in [-0.3, -0.25) is 24.0 Å². The first kappa shape index (κ1) is 52.3. The fraction of sp³-hybridized carbons (Fsp3) is 0.317. The molecule has 5 rings (SSSR count). The van der Waals surface area contributed by atoms with Crippen molar-refractivity contribution in [2.24, 2.45) is 34.4 Å². The lowest BCUT2D eigenvalue weighted by molar-refractivity contribution is -0.139. The number of para-hydroxylation sites is 1. The molecule has 20 heteroatoms. The highest BCUT2D eigenvalue weighted by atomic mass is 16.4. The Labute approximate surface area is 351 Å². The fourth-order valence-corrected chi connectivity index (χ4v) is 4.91. The van der Waals surface area contributed by atoms with Crippen LogP contribution in [-0.4, -0.2) is 112 Å². The molecule has 5 atom stereocenters. The quantitative estimate of drug-likeness (QED) is 0.0580. The number of imidazole rings is 1. The van der Waals surface area contributed by atoms with E-state index in [0.29, 0.717) is 25.8 Å². The van der Waals surface area contributed by atoms with Crippen molar-refractivity contribution in [1.29, 1.82) is 0 Å². The normalized spacial score (nSPS) is 12.7. The van der Waals surface area contributed by atoms with Gasteiger partial charge >= 0.3 is 29.8 Å². The number of nitrogens with zero attached hydrogens (tertiary/aromatic N) is 1. The predicted octanol–water partition coefficient (Wildman–Crippen LogP) is 1.00. The third-order valence-electron chi connectivity index (χ3n) is 8.36. The fourth-order valence-electron chi connectivity index (χ4n) is 4.91. The Bertz CT molecular complexity index is 2030. The molecule has 20 N–H and O–H groups in total. The smallest absolute Gasteiger partial charge is 0.320 e. The van der Waals surface area contributed by atoms with E-state index in [1.165, 1.54) is 18.5 Å². The number of unbranched alkanes of at least 4 members (excludes halogenated alkanes) is 1. The van der Waals surface area contributed by atoms with Crippen LogP contribution in [0.25, 0.3) is 10.9 Å². The summed E-state index contributed by atoms with van der Waals surface area (Å²) in [5, 5.41) is 52.5. The molecule has 332 valence electrons. The van der Waals surface area contributed by atoms with Gasteiger partial charge in [0.05, 0.1) is 6.33 Å². The number of phenols is 1. The number of H-pyrrole nitrogens is 2. The number of rotatable bonds is 17. The third-order valence-corrected chi connectivity index (χ3v) is 8.36. The Hall–Kier alpha value is -6.68. The SMILES string of the molecule is NCCCC[C@H](N)C(=O)O.N[C@@H](Cc1c[nH]c2ccccc12)C(=O)O.N[C@@H](Cc1ccc(O)cc1)C(=O)O.N[C@@H](Cc1ccccc1)C(=O)O.N[C@@H](Cc1cnc[nH]1)C(=O)O. The number of carbonyl (C=O) groups is 5. The molecule has 0 radical (unpaired) electrons. The van der Waals surface area contributed by atoms with Crippen LogP contribution in [0.2, 0.25) is 0 Å². The van der Waals surface area contributed by atoms with Gasteiger partial charge in [0.25, 0.3) is 0 Å². The van der Waals surface area contributed by atoms with Crippen LogP contribution in [0.3, 0.4) is 0 Å². The van der Waals surface area contributed by atoms with Gasteiger partial charge in [-0.15, -0.1) is 0 Å². The van der Waals surface area contributed by atoms with E-state index in [4.69, 9.17) is 65.0 Å². The van der Waals surface area contributed by atoms with Gasteiger partial charge in [0.1, 0.15) is 36.0 Å². The van der Waals surface area contributed by atoms with Crippen molar-refractivity contribution in [2.75, 3.05) is 6.54 Å². The van der Waals surface area contributed by atoms with E-state index >= 15 is 0 Å². The topological polar surface area (TPSA) is 407 Å². The molecule has 0 bridgehead atoms. The first-order valence-corrected chi connectivity index (χ1v) is 18.8. The second-order valence-electron chi connectivity index (χ2n) is 13.4. The van der Waals surface area contributed by atoms with Gasteiger partial charge in [-0.2, -0.15) is 0 Å². The van der Waals surface area contributed by atoms with Crippen LogP contribution in [0.15, 0.2) is 97.6 Å². The van der Waals surface area contributed by atoms with Crippen molar-refractivity contribution in [3.05, 3.63) is 120 Å². The molecule has 0 unspecified atom stereocenters. The molecule has 0 spiro atoms. The lowest BCUT2D eigenvalue weighted by atomic mass is 10.1. The van der Waals surface area contributed by atoms with Crippen LogP contribution in [0.4, 0.5) is 0 Å². The first-order chi connectivity index (χ1) is 28.9. The molecule has 61 heavy (non-hydrogen) atoms. The van der Waals surface area contributed by atoms with Crippen LogP contribution in [-0.2, 0) is 49.7 Å². The van der Waals surface area contributed by atoms with E-state index in [9.17, 15) is 24.0 Å². The van der Waals surface area contributed by atoms with Crippen molar-refractivity contribution in [1.82, 2.24) is 15.0 Å². The van der Waals surface area contributed by atoms with Crippen LogP contribution in [0, 0.1) is 0 Å². The summed E-state index contributed by atoms with van der Waals surface area (Å²) in [6.07, 6.45) is 8.32. The molecular weight excluding hydrogens is 795 g/mol. The molecule has 2 aromatic heterocycles. The molecule has 5 aromatic rings. The number of hydrogen-bond acceptors (Lipinski definition) is 13. The van der Waals surface area contributed by atoms with E-state index < -0.39 is 60.1 Å². The van der Waals surface area contributed by atoms with Crippen molar-refractivity contribution in [3.8, 4) is 5.75 Å². The summed E-state index contributed by atoms with van der Waals surface area (Å²) >= 11 is 0. The second-order valence-corrected chi connectivity index (χ2v) is 13.4. The summed E-state index contributed by atoms with van der Waals surface area (Å²) in [7, 11) is 0. The number of nitrogens with one attached hydrogen (secondary N) is 2. The maximum absolute atomic E-state index is 10.6. The van der Waals surface area contributed by atoms with E-state index in [1.54, 1.807) is 18.3 Å². The summed E-state index contributed by atoms with van der Waals surface area (Å²) in [4.78, 5) is 61.4.